The topological polar surface area (TPSA) is 66.0 Å². The minimum atomic E-state index is -0.462. The number of hydrogen-bond donors (Lipinski definition) is 0. The molecule has 2 amide bonds. The molecule has 4 aliphatic rings. The Kier molecular flexibility index (Phi) is 5.96. The van der Waals surface area contributed by atoms with Gasteiger partial charge in [-0.2, -0.15) is 0 Å². The van der Waals surface area contributed by atoms with Crippen molar-refractivity contribution >= 4 is 34.9 Å². The normalized spacial score (nSPS) is 25.1. The van der Waals surface area contributed by atoms with Crippen LogP contribution in [0, 0.1) is 5.92 Å². The maximum absolute atomic E-state index is 13.2. The van der Waals surface area contributed by atoms with E-state index in [-0.39, 0.29) is 11.8 Å². The summed E-state index contributed by atoms with van der Waals surface area (Å²) < 4.78 is 6.08. The highest BCUT2D eigenvalue weighted by atomic mass is 35.5. The number of amides is 2. The molecule has 4 heterocycles. The average molecular weight is 509 g/mol. The van der Waals surface area contributed by atoms with Crippen molar-refractivity contribution in [2.75, 3.05) is 43.1 Å². The molecule has 1 saturated carbocycles. The van der Waals surface area contributed by atoms with Gasteiger partial charge in [0.05, 0.1) is 11.6 Å². The number of nitrogens with zero attached hydrogens (tertiary/aromatic N) is 4. The summed E-state index contributed by atoms with van der Waals surface area (Å²) in [6.07, 6.45) is 6.71. The van der Waals surface area contributed by atoms with Gasteiger partial charge in [-0.15, -0.1) is 0 Å². The molecular weight excluding hydrogens is 476 g/mol. The summed E-state index contributed by atoms with van der Waals surface area (Å²) in [5.41, 5.74) is 2.69. The fraction of sp³-hybridized carbons (Fsp3) is 0.536. The highest BCUT2D eigenvalue weighted by Crippen LogP contribution is 2.48. The summed E-state index contributed by atoms with van der Waals surface area (Å²) in [5.74, 6) is 2.64. The van der Waals surface area contributed by atoms with Crippen LogP contribution < -0.4 is 14.5 Å². The Balaban J connectivity index is 1.06. The van der Waals surface area contributed by atoms with Crippen LogP contribution in [0.3, 0.4) is 0 Å². The quantitative estimate of drug-likeness (QED) is 0.605. The second-order valence-electron chi connectivity index (χ2n) is 10.9. The van der Waals surface area contributed by atoms with Crippen molar-refractivity contribution in [2.24, 2.45) is 5.92 Å². The van der Waals surface area contributed by atoms with E-state index in [1.165, 1.54) is 0 Å². The number of carbonyl (C=O) groups is 2. The number of likely N-dealkylation sites (tertiary alicyclic amines) is 1. The second kappa shape index (κ2) is 9.03. The van der Waals surface area contributed by atoms with Crippen molar-refractivity contribution in [1.29, 1.82) is 0 Å². The number of benzene rings is 1. The molecule has 1 aromatic heterocycles. The number of aromatic nitrogens is 1. The van der Waals surface area contributed by atoms with Gasteiger partial charge < -0.3 is 9.64 Å². The van der Waals surface area contributed by atoms with E-state index in [4.69, 9.17) is 16.3 Å². The summed E-state index contributed by atoms with van der Waals surface area (Å²) in [6, 6.07) is 8.14. The zero-order valence-corrected chi connectivity index (χ0v) is 21.8. The molecule has 2 aromatic rings. The predicted octanol–water partition coefficient (Wildman–Crippen LogP) is 4.20. The number of aryl methyl sites for hydroxylation is 1. The fourth-order valence-corrected chi connectivity index (χ4v) is 6.72. The number of rotatable bonds is 5. The number of carbonyl (C=O) groups excluding carboxylic acids is 2. The van der Waals surface area contributed by atoms with Gasteiger partial charge in [-0.3, -0.25) is 19.4 Å². The Morgan fingerprint density at radius 1 is 1.14 bits per heavy atom. The molecule has 0 radical (unpaired) electrons. The number of fused-ring (bicyclic) bond motifs is 3. The molecule has 0 N–H and O–H groups in total. The molecular formula is C28H33ClN4O3. The predicted molar refractivity (Wildman–Crippen MR) is 140 cm³/mol. The monoisotopic (exact) mass is 508 g/mol. The summed E-state index contributed by atoms with van der Waals surface area (Å²) in [4.78, 5) is 36.5. The van der Waals surface area contributed by atoms with Crippen molar-refractivity contribution in [3.05, 3.63) is 46.6 Å². The van der Waals surface area contributed by atoms with E-state index in [0.29, 0.717) is 30.0 Å². The molecule has 7 nitrogen and oxygen atoms in total. The third kappa shape index (κ3) is 3.88. The summed E-state index contributed by atoms with van der Waals surface area (Å²) in [6.45, 7) is 5.27. The van der Waals surface area contributed by atoms with Gasteiger partial charge in [-0.25, -0.2) is 4.98 Å². The van der Waals surface area contributed by atoms with Crippen LogP contribution in [0.4, 0.5) is 11.5 Å². The van der Waals surface area contributed by atoms with Crippen LogP contribution in [-0.4, -0.2) is 61.0 Å². The Bertz CT molecular complexity index is 1200. The summed E-state index contributed by atoms with van der Waals surface area (Å²) in [5, 5.41) is 0.681. The van der Waals surface area contributed by atoms with Gasteiger partial charge in [-0.05, 0) is 86.5 Å². The standard InChI is InChI=1S/C28H33ClN4O3/c1-18-13-21(14-18)33-25(34)6-3-19-15-22(17-30-26(19)33)36-12-11-32-9-7-28(8-10-32)23-16-20(29)4-5-24(23)31(2)27(28)35/h4-5,15-18,21H,3,6-14H2,1-2H3/t18-,21+. The molecule has 0 atom stereocenters. The SMILES string of the molecule is CN1C(=O)C2(CCN(CCOc3cnc4c(c3)CCC(=O)N4[C@H]3C[C@@H](C)C3)CC2)c2cc(Cl)ccc21. The van der Waals surface area contributed by atoms with Crippen LogP contribution in [0.2, 0.25) is 5.02 Å². The van der Waals surface area contributed by atoms with Crippen molar-refractivity contribution < 1.29 is 14.3 Å². The van der Waals surface area contributed by atoms with Gasteiger partial charge >= 0.3 is 0 Å². The molecule has 2 fully saturated rings. The molecule has 36 heavy (non-hydrogen) atoms. The van der Waals surface area contributed by atoms with Crippen LogP contribution in [0.25, 0.3) is 0 Å². The van der Waals surface area contributed by atoms with Crippen LogP contribution in [-0.2, 0) is 21.4 Å². The first kappa shape index (κ1) is 23.7. The smallest absolute Gasteiger partial charge is 0.237 e. The van der Waals surface area contributed by atoms with Crippen molar-refractivity contribution in [2.45, 2.75) is 56.9 Å². The Hall–Kier alpha value is -2.64. The minimum Gasteiger partial charge on any atom is -0.491 e. The van der Waals surface area contributed by atoms with Gasteiger partial charge in [-0.1, -0.05) is 18.5 Å². The number of piperidine rings is 1. The van der Waals surface area contributed by atoms with Crippen molar-refractivity contribution in [1.82, 2.24) is 9.88 Å². The fourth-order valence-electron chi connectivity index (χ4n) is 6.55. The maximum Gasteiger partial charge on any atom is 0.237 e. The van der Waals surface area contributed by atoms with Crippen molar-refractivity contribution in [3.63, 3.8) is 0 Å². The number of likely N-dealkylation sites (N-methyl/N-ethyl adjacent to an activating group) is 1. The molecule has 1 spiro atoms. The summed E-state index contributed by atoms with van der Waals surface area (Å²) in [7, 11) is 1.86. The Morgan fingerprint density at radius 3 is 2.67 bits per heavy atom. The highest BCUT2D eigenvalue weighted by molar-refractivity contribution is 6.31. The number of pyridine rings is 1. The van der Waals surface area contributed by atoms with E-state index in [0.717, 1.165) is 80.1 Å². The van der Waals surface area contributed by atoms with Gasteiger partial charge in [0, 0.05) is 36.8 Å². The number of halogens is 1. The Labute approximate surface area is 217 Å². The molecule has 1 aromatic carbocycles. The zero-order valence-electron chi connectivity index (χ0n) is 21.0. The van der Waals surface area contributed by atoms with E-state index >= 15 is 0 Å². The second-order valence-corrected chi connectivity index (χ2v) is 11.4. The zero-order chi connectivity index (χ0) is 25.0. The first-order valence-corrected chi connectivity index (χ1v) is 13.5. The third-order valence-electron chi connectivity index (χ3n) is 8.67. The van der Waals surface area contributed by atoms with E-state index in [1.54, 1.807) is 11.1 Å². The lowest BCUT2D eigenvalue weighted by atomic mass is 9.73. The molecule has 0 bridgehead atoms. The molecule has 6 rings (SSSR count). The Morgan fingerprint density at radius 2 is 1.92 bits per heavy atom. The molecule has 1 saturated heterocycles. The summed E-state index contributed by atoms with van der Waals surface area (Å²) >= 11 is 6.29. The van der Waals surface area contributed by atoms with Crippen LogP contribution in [0.5, 0.6) is 5.75 Å². The molecule has 190 valence electrons. The van der Waals surface area contributed by atoms with Gasteiger partial charge in [0.1, 0.15) is 18.2 Å². The number of anilines is 2. The van der Waals surface area contributed by atoms with Crippen LogP contribution in [0.15, 0.2) is 30.5 Å². The van der Waals surface area contributed by atoms with Gasteiger partial charge in [0.15, 0.2) is 0 Å². The first-order valence-electron chi connectivity index (χ1n) is 13.1. The molecule has 1 aliphatic carbocycles. The van der Waals surface area contributed by atoms with Gasteiger partial charge in [0.2, 0.25) is 11.8 Å². The molecule has 8 heteroatoms. The maximum atomic E-state index is 13.2. The third-order valence-corrected chi connectivity index (χ3v) is 8.91. The van der Waals surface area contributed by atoms with Crippen LogP contribution in [0.1, 0.15) is 50.2 Å². The highest BCUT2D eigenvalue weighted by Gasteiger charge is 2.51. The minimum absolute atomic E-state index is 0.180. The lowest BCUT2D eigenvalue weighted by Crippen LogP contribution is -2.49. The largest absolute Gasteiger partial charge is 0.491 e. The first-order chi connectivity index (χ1) is 17.4. The lowest BCUT2D eigenvalue weighted by Gasteiger charge is -2.43. The van der Waals surface area contributed by atoms with E-state index in [9.17, 15) is 9.59 Å². The van der Waals surface area contributed by atoms with Crippen LogP contribution >= 0.6 is 11.6 Å². The van der Waals surface area contributed by atoms with Gasteiger partial charge in [0.25, 0.3) is 0 Å². The number of ether oxygens (including phenoxy) is 1. The van der Waals surface area contributed by atoms with Crippen molar-refractivity contribution in [3.8, 4) is 5.75 Å². The number of hydrogen-bond acceptors (Lipinski definition) is 5. The molecule has 3 aliphatic heterocycles. The van der Waals surface area contributed by atoms with E-state index < -0.39 is 5.41 Å². The van der Waals surface area contributed by atoms with E-state index in [1.807, 2.05) is 30.1 Å². The van der Waals surface area contributed by atoms with E-state index in [2.05, 4.69) is 22.9 Å². The average Bonchev–Trinajstić information content (AvgIpc) is 3.05. The lowest BCUT2D eigenvalue weighted by molar-refractivity contribution is -0.124. The molecule has 0 unspecified atom stereocenters.